The van der Waals surface area contributed by atoms with Crippen molar-refractivity contribution in [3.63, 3.8) is 0 Å². The minimum Gasteiger partial charge on any atom is -0.338 e. The molecule has 1 saturated heterocycles. The molecule has 3 aliphatic rings. The van der Waals surface area contributed by atoms with Crippen molar-refractivity contribution in [2.45, 2.75) is 17.7 Å². The first-order chi connectivity index (χ1) is 13.5. The molecule has 5 heteroatoms. The van der Waals surface area contributed by atoms with E-state index in [1.165, 1.54) is 11.1 Å². The van der Waals surface area contributed by atoms with Gasteiger partial charge in [-0.3, -0.25) is 4.79 Å². The molecule has 1 aromatic carbocycles. The van der Waals surface area contributed by atoms with Crippen molar-refractivity contribution < 1.29 is 4.79 Å². The third kappa shape index (κ3) is 3.70. The van der Waals surface area contributed by atoms with Gasteiger partial charge in [-0.15, -0.1) is 18.2 Å². The van der Waals surface area contributed by atoms with E-state index in [9.17, 15) is 4.79 Å². The fourth-order valence-corrected chi connectivity index (χ4v) is 5.45. The van der Waals surface area contributed by atoms with Crippen molar-refractivity contribution in [3.8, 4) is 0 Å². The Bertz CT molecular complexity index is 870. The lowest BCUT2D eigenvalue weighted by molar-refractivity contribution is -0.129. The van der Waals surface area contributed by atoms with Gasteiger partial charge in [-0.1, -0.05) is 59.1 Å². The predicted molar refractivity (Wildman–Crippen MR) is 117 cm³/mol. The maximum atomic E-state index is 12.9. The van der Waals surface area contributed by atoms with Crippen LogP contribution in [0.25, 0.3) is 0 Å². The number of rotatable bonds is 4. The van der Waals surface area contributed by atoms with Crippen LogP contribution in [-0.4, -0.2) is 29.3 Å². The molecule has 0 aromatic heterocycles. The van der Waals surface area contributed by atoms with Crippen LogP contribution in [-0.2, 0) is 4.79 Å². The van der Waals surface area contributed by atoms with Gasteiger partial charge in [-0.25, -0.2) is 0 Å². The summed E-state index contributed by atoms with van der Waals surface area (Å²) < 4.78 is 0. The lowest BCUT2D eigenvalue weighted by Crippen LogP contribution is -2.29. The molecule has 2 aliphatic carbocycles. The maximum Gasteiger partial charge on any atom is 0.230 e. The van der Waals surface area contributed by atoms with Gasteiger partial charge in [0.1, 0.15) is 0 Å². The number of hydrogen-bond acceptors (Lipinski definition) is 1. The highest BCUT2D eigenvalue weighted by Crippen LogP contribution is 2.48. The Morgan fingerprint density at radius 1 is 1.14 bits per heavy atom. The highest BCUT2D eigenvalue weighted by molar-refractivity contribution is 6.32. The molecule has 0 bridgehead atoms. The van der Waals surface area contributed by atoms with Crippen LogP contribution in [0.5, 0.6) is 0 Å². The number of carbonyl (C=O) groups is 1. The Hall–Kier alpha value is -1.48. The predicted octanol–water partition coefficient (Wildman–Crippen LogP) is 5.93. The van der Waals surface area contributed by atoms with Gasteiger partial charge in [-0.2, -0.15) is 0 Å². The fourth-order valence-electron chi connectivity index (χ4n) is 4.69. The fraction of sp³-hybridized carbons (Fsp3) is 0.348. The highest BCUT2D eigenvalue weighted by atomic mass is 35.5. The average Bonchev–Trinajstić information content (AvgIpc) is 2.97. The van der Waals surface area contributed by atoms with E-state index in [0.717, 1.165) is 18.0 Å². The van der Waals surface area contributed by atoms with Crippen LogP contribution >= 0.6 is 34.8 Å². The Kier molecular flexibility index (Phi) is 5.73. The van der Waals surface area contributed by atoms with Crippen LogP contribution in [0, 0.1) is 17.8 Å². The Balaban J connectivity index is 1.73. The summed E-state index contributed by atoms with van der Waals surface area (Å²) in [4.78, 5) is 14.8. The molecule has 1 aliphatic heterocycles. The van der Waals surface area contributed by atoms with Crippen LogP contribution in [0.15, 0.2) is 71.8 Å². The smallest absolute Gasteiger partial charge is 0.230 e. The molecule has 1 aromatic rings. The number of fused-ring (bicyclic) bond motifs is 1. The van der Waals surface area contributed by atoms with Gasteiger partial charge in [0.05, 0.1) is 11.3 Å². The van der Waals surface area contributed by atoms with Gasteiger partial charge in [0.15, 0.2) is 0 Å². The molecule has 1 fully saturated rings. The number of likely N-dealkylation sites (tertiary alicyclic amines) is 1. The Morgan fingerprint density at radius 3 is 2.57 bits per heavy atom. The SMILES string of the molecule is C=CCN1CC2C[C@H](c3ccc(Cl)cc3)C(C3C=CC(Cl)=CC3Cl)=C[C@@H]2C1=O. The number of alkyl halides is 1. The molecule has 5 atom stereocenters. The minimum absolute atomic E-state index is 0.0204. The van der Waals surface area contributed by atoms with E-state index in [2.05, 4.69) is 30.9 Å². The van der Waals surface area contributed by atoms with Gasteiger partial charge in [0, 0.05) is 35.0 Å². The van der Waals surface area contributed by atoms with Crippen molar-refractivity contribution in [3.05, 3.63) is 82.4 Å². The highest BCUT2D eigenvalue weighted by Gasteiger charge is 2.45. The molecule has 3 unspecified atom stereocenters. The number of benzene rings is 1. The lowest BCUT2D eigenvalue weighted by Gasteiger charge is -2.36. The van der Waals surface area contributed by atoms with Crippen molar-refractivity contribution in [1.82, 2.24) is 4.90 Å². The van der Waals surface area contributed by atoms with E-state index in [0.29, 0.717) is 17.5 Å². The summed E-state index contributed by atoms with van der Waals surface area (Å²) in [6, 6.07) is 8.02. The monoisotopic (exact) mass is 433 g/mol. The standard InChI is InChI=1S/C23H22Cl3NO/c1-2-9-27-13-15-10-19(14-3-5-16(24)6-4-14)21(12-20(15)23(27)28)18-8-7-17(25)11-22(18)26/h2-8,11-12,15,18-20,22H,1,9-10,13H2/t15?,18?,19-,20+,22?/m1/s1. The summed E-state index contributed by atoms with van der Waals surface area (Å²) in [5, 5.41) is 1.15. The lowest BCUT2D eigenvalue weighted by atomic mass is 9.69. The second-order valence-electron chi connectivity index (χ2n) is 7.71. The number of hydrogen-bond donors (Lipinski definition) is 0. The first-order valence-corrected chi connectivity index (χ1v) is 10.7. The number of allylic oxidation sites excluding steroid dienone is 5. The molecule has 1 amide bonds. The third-order valence-corrected chi connectivity index (χ3v) is 6.90. The normalized spacial score (nSPS) is 32.0. The zero-order chi connectivity index (χ0) is 19.8. The number of amides is 1. The van der Waals surface area contributed by atoms with Gasteiger partial charge >= 0.3 is 0 Å². The summed E-state index contributed by atoms with van der Waals surface area (Å²) in [7, 11) is 0. The van der Waals surface area contributed by atoms with E-state index in [1.54, 1.807) is 6.08 Å². The topological polar surface area (TPSA) is 20.3 Å². The zero-order valence-electron chi connectivity index (χ0n) is 15.4. The summed E-state index contributed by atoms with van der Waals surface area (Å²) in [6.45, 7) is 5.16. The number of halogens is 3. The van der Waals surface area contributed by atoms with E-state index >= 15 is 0 Å². The molecule has 146 valence electrons. The first kappa shape index (κ1) is 19.8. The van der Waals surface area contributed by atoms with E-state index in [4.69, 9.17) is 34.8 Å². The largest absolute Gasteiger partial charge is 0.338 e. The molecule has 0 N–H and O–H groups in total. The van der Waals surface area contributed by atoms with Crippen LogP contribution in [0.4, 0.5) is 0 Å². The van der Waals surface area contributed by atoms with Gasteiger partial charge in [0.25, 0.3) is 0 Å². The van der Waals surface area contributed by atoms with Crippen LogP contribution in [0.2, 0.25) is 5.02 Å². The second kappa shape index (κ2) is 8.10. The molecule has 1 heterocycles. The molecule has 0 radical (unpaired) electrons. The first-order valence-electron chi connectivity index (χ1n) is 9.54. The van der Waals surface area contributed by atoms with E-state index in [-0.39, 0.29) is 29.0 Å². The van der Waals surface area contributed by atoms with Crippen molar-refractivity contribution in [2.75, 3.05) is 13.1 Å². The summed E-state index contributed by atoms with van der Waals surface area (Å²) in [5.74, 6) is 0.633. The molecule has 28 heavy (non-hydrogen) atoms. The molecular weight excluding hydrogens is 413 g/mol. The van der Waals surface area contributed by atoms with Crippen LogP contribution < -0.4 is 0 Å². The molecule has 0 saturated carbocycles. The summed E-state index contributed by atoms with van der Waals surface area (Å²) >= 11 is 18.9. The van der Waals surface area contributed by atoms with Crippen LogP contribution in [0.1, 0.15) is 17.9 Å². The van der Waals surface area contributed by atoms with Crippen molar-refractivity contribution >= 4 is 40.7 Å². The van der Waals surface area contributed by atoms with E-state index < -0.39 is 0 Å². The van der Waals surface area contributed by atoms with Gasteiger partial charge in [-0.05, 0) is 42.2 Å². The average molecular weight is 435 g/mol. The van der Waals surface area contributed by atoms with Crippen molar-refractivity contribution in [2.24, 2.45) is 17.8 Å². The summed E-state index contributed by atoms with van der Waals surface area (Å²) in [5.41, 5.74) is 2.41. The van der Waals surface area contributed by atoms with Gasteiger partial charge < -0.3 is 4.90 Å². The quantitative estimate of drug-likeness (QED) is 0.425. The second-order valence-corrected chi connectivity index (χ2v) is 9.08. The van der Waals surface area contributed by atoms with E-state index in [1.807, 2.05) is 29.2 Å². The minimum atomic E-state index is -0.226. The Labute approximate surface area is 181 Å². The van der Waals surface area contributed by atoms with Gasteiger partial charge in [0.2, 0.25) is 5.91 Å². The molecule has 2 nitrogen and oxygen atoms in total. The number of nitrogens with zero attached hydrogens (tertiary/aromatic N) is 1. The molecule has 0 spiro atoms. The molecular formula is C23H22Cl3NO. The molecule has 4 rings (SSSR count). The maximum absolute atomic E-state index is 12.9. The Morgan fingerprint density at radius 2 is 1.89 bits per heavy atom. The third-order valence-electron chi connectivity index (χ3n) is 6.00. The zero-order valence-corrected chi connectivity index (χ0v) is 17.7. The van der Waals surface area contributed by atoms with Crippen LogP contribution in [0.3, 0.4) is 0 Å². The van der Waals surface area contributed by atoms with Crippen molar-refractivity contribution in [1.29, 1.82) is 0 Å². The summed E-state index contributed by atoms with van der Waals surface area (Å²) in [6.07, 6.45) is 10.7. The number of carbonyl (C=O) groups excluding carboxylic acids is 1.